The molecule has 0 unspecified atom stereocenters. The Labute approximate surface area is 310 Å². The van der Waals surface area contributed by atoms with E-state index in [4.69, 9.17) is 33.8 Å². The van der Waals surface area contributed by atoms with E-state index in [1.165, 1.54) is 6.92 Å². The number of hydrogen-bond donors (Lipinski definition) is 0. The molecule has 0 spiro atoms. The molecule has 53 heavy (non-hydrogen) atoms. The second-order valence-corrected chi connectivity index (χ2v) is 13.0. The van der Waals surface area contributed by atoms with Crippen molar-refractivity contribution < 1.29 is 42.9 Å². The minimum atomic E-state index is -1.40. The number of carbonyl (C=O) groups is 4. The van der Waals surface area contributed by atoms with E-state index in [1.807, 2.05) is 91.9 Å². The predicted octanol–water partition coefficient (Wildman–Crippen LogP) is 7.19. The SMILES string of the molecule is CC(=O)OC[C@H]1O[C@@H](Sc2nc(-c3ccccc3)c(N=Nc3ccc(C)cc3)c(-c3ccccc3)c2C#N)[C@H](OC(C)=O)[C@@H](OC(C)=O)[C@H]1OC(C)=O. The van der Waals surface area contributed by atoms with Crippen LogP contribution >= 0.6 is 11.8 Å². The van der Waals surface area contributed by atoms with E-state index in [9.17, 15) is 24.4 Å². The average Bonchev–Trinajstić information content (AvgIpc) is 3.13. The van der Waals surface area contributed by atoms with Crippen molar-refractivity contribution in [1.82, 2.24) is 4.98 Å². The van der Waals surface area contributed by atoms with Gasteiger partial charge in [0.15, 0.2) is 23.7 Å². The highest BCUT2D eigenvalue weighted by atomic mass is 32.2. The highest BCUT2D eigenvalue weighted by Crippen LogP contribution is 2.46. The zero-order valence-electron chi connectivity index (χ0n) is 29.5. The first-order valence-corrected chi connectivity index (χ1v) is 17.4. The summed E-state index contributed by atoms with van der Waals surface area (Å²) >= 11 is 0.920. The molecule has 1 aliphatic heterocycles. The number of nitrogens with zero attached hydrogens (tertiary/aromatic N) is 4. The Balaban J connectivity index is 1.74. The Morgan fingerprint density at radius 2 is 1.32 bits per heavy atom. The van der Waals surface area contributed by atoms with Crippen LogP contribution in [0.15, 0.2) is 100 Å². The van der Waals surface area contributed by atoms with Crippen molar-refractivity contribution in [2.24, 2.45) is 10.2 Å². The molecule has 1 fully saturated rings. The summed E-state index contributed by atoms with van der Waals surface area (Å²) in [6.07, 6.45) is -5.31. The maximum absolute atomic E-state index is 12.5. The van der Waals surface area contributed by atoms with Gasteiger partial charge < -0.3 is 23.7 Å². The highest BCUT2D eigenvalue weighted by Gasteiger charge is 2.53. The molecule has 2 heterocycles. The van der Waals surface area contributed by atoms with Crippen LogP contribution in [-0.4, -0.2) is 65.3 Å². The van der Waals surface area contributed by atoms with Gasteiger partial charge in [-0.15, -0.1) is 5.11 Å². The van der Waals surface area contributed by atoms with Crippen LogP contribution in [0.5, 0.6) is 0 Å². The largest absolute Gasteiger partial charge is 0.463 e. The topological polar surface area (TPSA) is 176 Å². The zero-order chi connectivity index (χ0) is 38.1. The minimum Gasteiger partial charge on any atom is -0.463 e. The number of carbonyl (C=O) groups excluding carboxylic acids is 4. The van der Waals surface area contributed by atoms with Crippen LogP contribution in [0.4, 0.5) is 11.4 Å². The highest BCUT2D eigenvalue weighted by molar-refractivity contribution is 7.99. The Morgan fingerprint density at radius 1 is 0.755 bits per heavy atom. The zero-order valence-corrected chi connectivity index (χ0v) is 30.4. The van der Waals surface area contributed by atoms with Crippen LogP contribution in [0.25, 0.3) is 22.4 Å². The van der Waals surface area contributed by atoms with Crippen molar-refractivity contribution in [3.8, 4) is 28.5 Å². The molecular formula is C39H36N4O9S. The molecular weight excluding hydrogens is 701 g/mol. The molecule has 0 amide bonds. The van der Waals surface area contributed by atoms with Crippen molar-refractivity contribution in [1.29, 1.82) is 5.26 Å². The second kappa shape index (κ2) is 17.5. The molecule has 1 aliphatic rings. The van der Waals surface area contributed by atoms with Crippen molar-refractivity contribution in [3.63, 3.8) is 0 Å². The number of aromatic nitrogens is 1. The molecule has 5 rings (SSSR count). The Bertz CT molecular complexity index is 2040. The first-order chi connectivity index (χ1) is 25.4. The van der Waals surface area contributed by atoms with Crippen LogP contribution in [0, 0.1) is 18.3 Å². The molecule has 3 aromatic carbocycles. The molecule has 0 aliphatic carbocycles. The van der Waals surface area contributed by atoms with E-state index in [0.29, 0.717) is 33.8 Å². The number of thioether (sulfide) groups is 1. The van der Waals surface area contributed by atoms with Gasteiger partial charge in [0.1, 0.15) is 29.5 Å². The quantitative estimate of drug-likeness (QED) is 0.0862. The smallest absolute Gasteiger partial charge is 0.303 e. The summed E-state index contributed by atoms with van der Waals surface area (Å²) in [7, 11) is 0. The van der Waals surface area contributed by atoms with Crippen LogP contribution < -0.4 is 0 Å². The van der Waals surface area contributed by atoms with Gasteiger partial charge in [-0.1, -0.05) is 90.1 Å². The fraction of sp³-hybridized carbons (Fsp3) is 0.282. The fourth-order valence-electron chi connectivity index (χ4n) is 5.64. The maximum Gasteiger partial charge on any atom is 0.303 e. The van der Waals surface area contributed by atoms with Crippen LogP contribution in [-0.2, 0) is 42.9 Å². The third-order valence-electron chi connectivity index (χ3n) is 7.84. The van der Waals surface area contributed by atoms with Gasteiger partial charge in [-0.2, -0.15) is 10.4 Å². The van der Waals surface area contributed by atoms with Crippen LogP contribution in [0.1, 0.15) is 38.8 Å². The second-order valence-electron chi connectivity index (χ2n) is 11.9. The van der Waals surface area contributed by atoms with E-state index in [2.05, 4.69) is 11.2 Å². The lowest BCUT2D eigenvalue weighted by Crippen LogP contribution is -2.61. The molecule has 272 valence electrons. The predicted molar refractivity (Wildman–Crippen MR) is 193 cm³/mol. The lowest BCUT2D eigenvalue weighted by molar-refractivity contribution is -0.237. The van der Waals surface area contributed by atoms with E-state index in [0.717, 1.165) is 38.1 Å². The molecule has 1 aromatic heterocycles. The molecule has 4 aromatic rings. The number of nitriles is 1. The molecule has 0 radical (unpaired) electrons. The first kappa shape index (κ1) is 38.3. The lowest BCUT2D eigenvalue weighted by Gasteiger charge is -2.44. The monoisotopic (exact) mass is 736 g/mol. The lowest BCUT2D eigenvalue weighted by atomic mass is 9.96. The van der Waals surface area contributed by atoms with E-state index in [-0.39, 0.29) is 10.6 Å². The summed E-state index contributed by atoms with van der Waals surface area (Å²) in [5, 5.41) is 20.2. The minimum absolute atomic E-state index is 0.103. The molecule has 0 bridgehead atoms. The summed E-state index contributed by atoms with van der Waals surface area (Å²) in [5.41, 5.74) is 2.94. The van der Waals surface area contributed by atoms with Gasteiger partial charge in [0.05, 0.1) is 16.9 Å². The summed E-state index contributed by atoms with van der Waals surface area (Å²) in [6, 6.07) is 28.2. The Morgan fingerprint density at radius 3 is 1.89 bits per heavy atom. The maximum atomic E-state index is 12.5. The molecule has 1 saturated heterocycles. The van der Waals surface area contributed by atoms with E-state index in [1.54, 1.807) is 0 Å². The molecule has 13 nitrogen and oxygen atoms in total. The van der Waals surface area contributed by atoms with Crippen molar-refractivity contribution in [3.05, 3.63) is 96.1 Å². The van der Waals surface area contributed by atoms with E-state index < -0.39 is 60.3 Å². The summed E-state index contributed by atoms with van der Waals surface area (Å²) in [5.74, 6) is -2.91. The van der Waals surface area contributed by atoms with Gasteiger partial charge in [0.2, 0.25) is 0 Å². The van der Waals surface area contributed by atoms with Crippen LogP contribution in [0.3, 0.4) is 0 Å². The summed E-state index contributed by atoms with van der Waals surface area (Å²) in [4.78, 5) is 54.0. The molecule has 0 saturated carbocycles. The van der Waals surface area contributed by atoms with Crippen molar-refractivity contribution in [2.75, 3.05) is 6.61 Å². The third-order valence-corrected chi connectivity index (χ3v) is 8.97. The first-order valence-electron chi connectivity index (χ1n) is 16.5. The number of ether oxygens (including phenoxy) is 5. The number of pyridine rings is 1. The van der Waals surface area contributed by atoms with Gasteiger partial charge in [-0.25, -0.2) is 4.98 Å². The Hall–Kier alpha value is -5.91. The van der Waals surface area contributed by atoms with E-state index >= 15 is 0 Å². The summed E-state index contributed by atoms with van der Waals surface area (Å²) in [6.45, 7) is 6.20. The average molecular weight is 737 g/mol. The van der Waals surface area contributed by atoms with Gasteiger partial charge in [0.25, 0.3) is 0 Å². The number of aryl methyl sites for hydroxylation is 1. The van der Waals surface area contributed by atoms with Gasteiger partial charge in [-0.05, 0) is 24.6 Å². The molecule has 5 atom stereocenters. The third kappa shape index (κ3) is 9.70. The number of esters is 4. The van der Waals surface area contributed by atoms with Gasteiger partial charge in [-0.3, -0.25) is 19.2 Å². The fourth-order valence-corrected chi connectivity index (χ4v) is 6.81. The Kier molecular flexibility index (Phi) is 12.7. The standard InChI is InChI=1S/C39H36N4O9S/c1-22-16-18-29(19-17-22)42-43-34-32(27-12-8-6-9-13-27)30(20-40)38(41-33(34)28-14-10-7-11-15-28)53-39-37(51-26(5)47)36(50-25(4)46)35(49-24(3)45)31(52-39)21-48-23(2)44/h6-19,31,35-37,39H,21H2,1-5H3/t31-,35+,36+,37-,39+/m1/s1. The summed E-state index contributed by atoms with van der Waals surface area (Å²) < 4.78 is 28.4. The van der Waals surface area contributed by atoms with Crippen LogP contribution in [0.2, 0.25) is 0 Å². The van der Waals surface area contributed by atoms with Gasteiger partial charge in [0, 0.05) is 38.8 Å². The normalized spacial score (nSPS) is 19.5. The number of rotatable bonds is 11. The molecule has 14 heteroatoms. The number of azo groups is 1. The van der Waals surface area contributed by atoms with Gasteiger partial charge >= 0.3 is 23.9 Å². The van der Waals surface area contributed by atoms with Crippen molar-refractivity contribution >= 4 is 47.0 Å². The number of benzene rings is 3. The van der Waals surface area contributed by atoms with Crippen molar-refractivity contribution in [2.45, 2.75) is 69.5 Å². The molecule has 0 N–H and O–H groups in total. The number of hydrogen-bond acceptors (Lipinski definition) is 14.